The second-order valence-corrected chi connectivity index (χ2v) is 7.97. The van der Waals surface area contributed by atoms with Gasteiger partial charge in [0.05, 0.1) is 25.1 Å². The summed E-state index contributed by atoms with van der Waals surface area (Å²) in [5, 5.41) is 2.84. The van der Waals surface area contributed by atoms with Crippen molar-refractivity contribution >= 4 is 21.6 Å². The number of nitrogens with one attached hydrogen (secondary N) is 2. The van der Waals surface area contributed by atoms with Crippen LogP contribution < -0.4 is 14.8 Å². The number of halogens is 1. The third kappa shape index (κ3) is 6.25. The molecule has 6 nitrogen and oxygen atoms in total. The van der Waals surface area contributed by atoms with Crippen molar-refractivity contribution in [2.75, 3.05) is 18.1 Å². The van der Waals surface area contributed by atoms with Gasteiger partial charge in [0.2, 0.25) is 15.9 Å². The molecule has 2 aromatic carbocycles. The molecule has 1 amide bonds. The summed E-state index contributed by atoms with van der Waals surface area (Å²) in [5.41, 5.74) is 1.77. The third-order valence-electron chi connectivity index (χ3n) is 3.96. The molecule has 0 saturated carbocycles. The van der Waals surface area contributed by atoms with Crippen molar-refractivity contribution in [3.8, 4) is 5.75 Å². The monoisotopic (exact) mass is 394 g/mol. The highest BCUT2D eigenvalue weighted by molar-refractivity contribution is 7.92. The van der Waals surface area contributed by atoms with E-state index in [-0.39, 0.29) is 18.1 Å². The van der Waals surface area contributed by atoms with Crippen LogP contribution in [0.2, 0.25) is 0 Å². The number of para-hydroxylation sites is 1. The maximum atomic E-state index is 13.7. The maximum Gasteiger partial charge on any atom is 0.229 e. The van der Waals surface area contributed by atoms with Crippen molar-refractivity contribution in [1.29, 1.82) is 0 Å². The summed E-state index contributed by atoms with van der Waals surface area (Å²) in [7, 11) is -2.03. The molecule has 1 atom stereocenters. The fraction of sp³-hybridized carbons (Fsp3) is 0.316. The number of aryl methyl sites for hydroxylation is 1. The van der Waals surface area contributed by atoms with Gasteiger partial charge in [-0.1, -0.05) is 24.3 Å². The van der Waals surface area contributed by atoms with Gasteiger partial charge in [0.15, 0.2) is 11.6 Å². The molecule has 0 aliphatic heterocycles. The molecule has 0 fully saturated rings. The van der Waals surface area contributed by atoms with E-state index < -0.39 is 21.9 Å². The molecule has 2 aromatic rings. The first-order valence-electron chi connectivity index (χ1n) is 8.38. The van der Waals surface area contributed by atoms with E-state index in [1.807, 2.05) is 0 Å². The van der Waals surface area contributed by atoms with Gasteiger partial charge in [-0.25, -0.2) is 12.8 Å². The topological polar surface area (TPSA) is 84.5 Å². The molecule has 0 aliphatic carbocycles. The normalized spacial score (nSPS) is 12.3. The molecule has 2 N–H and O–H groups in total. The van der Waals surface area contributed by atoms with E-state index in [1.165, 1.54) is 19.2 Å². The van der Waals surface area contributed by atoms with E-state index >= 15 is 0 Å². The molecule has 0 bridgehead atoms. The molecular formula is C19H23FN2O4S. The number of sulfonamides is 1. The van der Waals surface area contributed by atoms with Gasteiger partial charge in [0, 0.05) is 6.42 Å². The van der Waals surface area contributed by atoms with Crippen molar-refractivity contribution in [2.45, 2.75) is 25.8 Å². The zero-order valence-corrected chi connectivity index (χ0v) is 16.3. The average Bonchev–Trinajstić information content (AvgIpc) is 2.59. The smallest absolute Gasteiger partial charge is 0.229 e. The third-order valence-corrected chi connectivity index (χ3v) is 4.55. The summed E-state index contributed by atoms with van der Waals surface area (Å²) >= 11 is 0. The largest absolute Gasteiger partial charge is 0.494 e. The molecular weight excluding hydrogens is 371 g/mol. The van der Waals surface area contributed by atoms with E-state index in [1.54, 1.807) is 37.3 Å². The van der Waals surface area contributed by atoms with Gasteiger partial charge in [-0.05, 0) is 42.7 Å². The molecule has 1 unspecified atom stereocenters. The van der Waals surface area contributed by atoms with Crippen LogP contribution in [0.15, 0.2) is 42.5 Å². The van der Waals surface area contributed by atoms with E-state index in [0.717, 1.165) is 6.26 Å². The lowest BCUT2D eigenvalue weighted by Gasteiger charge is -2.18. The van der Waals surface area contributed by atoms with Crippen LogP contribution in [-0.4, -0.2) is 27.7 Å². The number of carbonyl (C=O) groups is 1. The lowest BCUT2D eigenvalue weighted by molar-refractivity contribution is -0.121. The van der Waals surface area contributed by atoms with E-state index in [9.17, 15) is 17.6 Å². The van der Waals surface area contributed by atoms with Crippen molar-refractivity contribution < 1.29 is 22.3 Å². The molecule has 0 heterocycles. The molecule has 8 heteroatoms. The Morgan fingerprint density at radius 1 is 1.22 bits per heavy atom. The molecule has 0 saturated heterocycles. The minimum Gasteiger partial charge on any atom is -0.494 e. The van der Waals surface area contributed by atoms with Gasteiger partial charge in [0.1, 0.15) is 0 Å². The fourth-order valence-corrected chi connectivity index (χ4v) is 3.27. The van der Waals surface area contributed by atoms with E-state index in [4.69, 9.17) is 4.74 Å². The molecule has 27 heavy (non-hydrogen) atoms. The Morgan fingerprint density at radius 3 is 2.56 bits per heavy atom. The summed E-state index contributed by atoms with van der Waals surface area (Å²) in [4.78, 5) is 12.2. The van der Waals surface area contributed by atoms with Crippen molar-refractivity contribution in [3.63, 3.8) is 0 Å². The van der Waals surface area contributed by atoms with Crippen molar-refractivity contribution in [3.05, 3.63) is 59.4 Å². The first kappa shape index (κ1) is 20.7. The number of carbonyl (C=O) groups excluding carboxylic acids is 1. The highest BCUT2D eigenvalue weighted by Gasteiger charge is 2.15. The van der Waals surface area contributed by atoms with Crippen LogP contribution in [0.4, 0.5) is 10.1 Å². The summed E-state index contributed by atoms with van der Waals surface area (Å²) in [6, 6.07) is 11.1. The SMILES string of the molecule is COc1ccc(CCC(=O)NC(C)c2ccccc2NS(C)(=O)=O)cc1F. The van der Waals surface area contributed by atoms with E-state index in [2.05, 4.69) is 10.0 Å². The zero-order chi connectivity index (χ0) is 20.0. The Labute approximate surface area is 158 Å². The summed E-state index contributed by atoms with van der Waals surface area (Å²) in [5.74, 6) is -0.524. The summed E-state index contributed by atoms with van der Waals surface area (Å²) in [6.07, 6.45) is 1.63. The lowest BCUT2D eigenvalue weighted by Crippen LogP contribution is -2.27. The van der Waals surface area contributed by atoms with E-state index in [0.29, 0.717) is 23.2 Å². The highest BCUT2D eigenvalue weighted by atomic mass is 32.2. The molecule has 0 spiro atoms. The maximum absolute atomic E-state index is 13.7. The molecule has 2 rings (SSSR count). The molecule has 0 aromatic heterocycles. The predicted molar refractivity (Wildman–Crippen MR) is 103 cm³/mol. The number of hydrogen-bond donors (Lipinski definition) is 2. The minimum atomic E-state index is -3.43. The second-order valence-electron chi connectivity index (χ2n) is 6.22. The highest BCUT2D eigenvalue weighted by Crippen LogP contribution is 2.23. The Balaban J connectivity index is 1.99. The van der Waals surface area contributed by atoms with Crippen LogP contribution in [0, 0.1) is 5.82 Å². The van der Waals surface area contributed by atoms with Crippen LogP contribution >= 0.6 is 0 Å². The Kier molecular flexibility index (Phi) is 6.79. The van der Waals surface area contributed by atoms with Gasteiger partial charge in [-0.3, -0.25) is 9.52 Å². The number of amides is 1. The molecule has 146 valence electrons. The second kappa shape index (κ2) is 8.85. The van der Waals surface area contributed by atoms with Crippen LogP contribution in [0.25, 0.3) is 0 Å². The Bertz CT molecular complexity index is 916. The predicted octanol–water partition coefficient (Wildman–Crippen LogP) is 3.02. The number of ether oxygens (including phenoxy) is 1. The summed E-state index contributed by atoms with van der Waals surface area (Å²) in [6.45, 7) is 1.77. The van der Waals surface area contributed by atoms with Crippen LogP contribution in [-0.2, 0) is 21.2 Å². The van der Waals surface area contributed by atoms with Gasteiger partial charge in [-0.2, -0.15) is 0 Å². The number of hydrogen-bond acceptors (Lipinski definition) is 4. The number of methoxy groups -OCH3 is 1. The van der Waals surface area contributed by atoms with Gasteiger partial charge < -0.3 is 10.1 Å². The molecule has 0 radical (unpaired) electrons. The van der Waals surface area contributed by atoms with Crippen LogP contribution in [0.5, 0.6) is 5.75 Å². The van der Waals surface area contributed by atoms with Gasteiger partial charge >= 0.3 is 0 Å². The Morgan fingerprint density at radius 2 is 1.93 bits per heavy atom. The summed E-state index contributed by atoms with van der Waals surface area (Å²) < 4.78 is 44.0. The average molecular weight is 394 g/mol. The first-order valence-corrected chi connectivity index (χ1v) is 10.3. The number of rotatable bonds is 8. The number of benzene rings is 2. The standard InChI is InChI=1S/C19H23FN2O4S/c1-13(15-6-4-5-7-17(15)22-27(3,24)25)21-19(23)11-9-14-8-10-18(26-2)16(20)12-14/h4-8,10,12-13,22H,9,11H2,1-3H3,(H,21,23). The van der Waals surface area contributed by atoms with Crippen LogP contribution in [0.3, 0.4) is 0 Å². The lowest BCUT2D eigenvalue weighted by atomic mass is 10.1. The number of anilines is 1. The van der Waals surface area contributed by atoms with Gasteiger partial charge in [0.25, 0.3) is 0 Å². The quantitative estimate of drug-likeness (QED) is 0.721. The fourth-order valence-electron chi connectivity index (χ4n) is 2.68. The Hall–Kier alpha value is -2.61. The molecule has 0 aliphatic rings. The first-order chi connectivity index (χ1) is 12.7. The van der Waals surface area contributed by atoms with Gasteiger partial charge in [-0.15, -0.1) is 0 Å². The minimum absolute atomic E-state index is 0.159. The van der Waals surface area contributed by atoms with Crippen molar-refractivity contribution in [2.24, 2.45) is 0 Å². The van der Waals surface area contributed by atoms with Crippen LogP contribution in [0.1, 0.15) is 30.5 Å². The zero-order valence-electron chi connectivity index (χ0n) is 15.5. The van der Waals surface area contributed by atoms with Crippen molar-refractivity contribution in [1.82, 2.24) is 5.32 Å².